The van der Waals surface area contributed by atoms with Gasteiger partial charge < -0.3 is 9.47 Å². The van der Waals surface area contributed by atoms with Crippen LogP contribution in [-0.2, 0) is 25.9 Å². The lowest BCUT2D eigenvalue weighted by molar-refractivity contribution is 0.309. The number of likely N-dealkylation sites (N-methyl/N-ethyl adjacent to an activating group) is 1. The van der Waals surface area contributed by atoms with Crippen LogP contribution in [0.1, 0.15) is 16.8 Å². The summed E-state index contributed by atoms with van der Waals surface area (Å²) < 4.78 is 2.41. The van der Waals surface area contributed by atoms with Crippen LogP contribution >= 0.6 is 0 Å². The lowest BCUT2D eigenvalue weighted by Crippen LogP contribution is -2.27. The second-order valence-corrected chi connectivity index (χ2v) is 6.06. The Hall–Kier alpha value is -2.20. The zero-order valence-corrected chi connectivity index (χ0v) is 12.9. The van der Waals surface area contributed by atoms with Crippen LogP contribution in [-0.4, -0.2) is 33.0 Å². The summed E-state index contributed by atoms with van der Waals surface area (Å²) in [5.41, 5.74) is 5.33. The molecule has 22 heavy (non-hydrogen) atoms. The molecular formula is C18H20N4. The van der Waals surface area contributed by atoms with Gasteiger partial charge in [-0.05, 0) is 24.6 Å². The lowest BCUT2D eigenvalue weighted by Gasteiger charge is -2.24. The topological polar surface area (TPSA) is 34.0 Å². The van der Waals surface area contributed by atoms with Crippen molar-refractivity contribution >= 4 is 11.0 Å². The number of hydrogen-bond acceptors (Lipinski definition) is 3. The van der Waals surface area contributed by atoms with Gasteiger partial charge in [-0.3, -0.25) is 0 Å². The van der Waals surface area contributed by atoms with Crippen molar-refractivity contribution in [1.29, 1.82) is 0 Å². The minimum absolute atomic E-state index is 0.983. The minimum atomic E-state index is 0.983. The van der Waals surface area contributed by atoms with Gasteiger partial charge in [0, 0.05) is 43.3 Å². The number of hydrogen-bond donors (Lipinski definition) is 0. The molecule has 0 amide bonds. The van der Waals surface area contributed by atoms with Gasteiger partial charge in [-0.1, -0.05) is 30.3 Å². The maximum atomic E-state index is 4.56. The van der Waals surface area contributed by atoms with E-state index in [1.165, 1.54) is 22.2 Å². The van der Waals surface area contributed by atoms with Crippen molar-refractivity contribution in [2.75, 3.05) is 13.6 Å². The Balaban J connectivity index is 1.74. The molecule has 0 atom stereocenters. The van der Waals surface area contributed by atoms with E-state index in [4.69, 9.17) is 0 Å². The Bertz CT molecular complexity index is 791. The van der Waals surface area contributed by atoms with Crippen LogP contribution in [0.4, 0.5) is 0 Å². The van der Waals surface area contributed by atoms with E-state index in [9.17, 15) is 0 Å². The Kier molecular flexibility index (Phi) is 3.39. The summed E-state index contributed by atoms with van der Waals surface area (Å²) in [5, 5.41) is 1.22. The molecule has 0 radical (unpaired) electrons. The fourth-order valence-corrected chi connectivity index (χ4v) is 3.43. The summed E-state index contributed by atoms with van der Waals surface area (Å²) in [6, 6.07) is 10.7. The number of rotatable bonds is 3. The number of nitrogens with zero attached hydrogens (tertiary/aromatic N) is 4. The highest BCUT2D eigenvalue weighted by molar-refractivity contribution is 5.81. The second kappa shape index (κ2) is 5.54. The first kappa shape index (κ1) is 13.5. The zero-order valence-electron chi connectivity index (χ0n) is 12.9. The average Bonchev–Trinajstić information content (AvgIpc) is 2.87. The number of benzene rings is 1. The van der Waals surface area contributed by atoms with Gasteiger partial charge in [-0.25, -0.2) is 9.97 Å². The normalized spacial score (nSPS) is 15.1. The van der Waals surface area contributed by atoms with E-state index in [1.807, 2.05) is 6.20 Å². The molecule has 0 N–H and O–H groups in total. The van der Waals surface area contributed by atoms with Crippen LogP contribution in [0.2, 0.25) is 0 Å². The molecule has 0 aliphatic carbocycles. The molecule has 1 aromatic carbocycles. The highest BCUT2D eigenvalue weighted by atomic mass is 15.1. The summed E-state index contributed by atoms with van der Waals surface area (Å²) in [6.45, 7) is 3.09. The van der Waals surface area contributed by atoms with Gasteiger partial charge in [0.15, 0.2) is 0 Å². The molecule has 4 rings (SSSR count). The molecule has 0 unspecified atom stereocenters. The van der Waals surface area contributed by atoms with Crippen LogP contribution in [0.15, 0.2) is 42.9 Å². The molecule has 112 valence electrons. The van der Waals surface area contributed by atoms with E-state index in [2.05, 4.69) is 56.8 Å². The highest BCUT2D eigenvalue weighted by Gasteiger charge is 2.22. The molecule has 4 nitrogen and oxygen atoms in total. The van der Waals surface area contributed by atoms with Crippen molar-refractivity contribution in [1.82, 2.24) is 19.4 Å². The van der Waals surface area contributed by atoms with Gasteiger partial charge >= 0.3 is 0 Å². The summed E-state index contributed by atoms with van der Waals surface area (Å²) >= 11 is 0. The number of fused-ring (bicyclic) bond motifs is 3. The first-order valence-corrected chi connectivity index (χ1v) is 7.85. The van der Waals surface area contributed by atoms with Crippen LogP contribution in [0.25, 0.3) is 11.0 Å². The molecule has 0 saturated heterocycles. The van der Waals surface area contributed by atoms with Gasteiger partial charge in [0.05, 0.1) is 0 Å². The smallest absolute Gasteiger partial charge is 0.143 e. The zero-order chi connectivity index (χ0) is 14.9. The Morgan fingerprint density at radius 1 is 1.18 bits per heavy atom. The fourth-order valence-electron chi connectivity index (χ4n) is 3.43. The van der Waals surface area contributed by atoms with Crippen molar-refractivity contribution in [3.8, 4) is 0 Å². The van der Waals surface area contributed by atoms with E-state index < -0.39 is 0 Å². The maximum Gasteiger partial charge on any atom is 0.143 e. The first-order valence-electron chi connectivity index (χ1n) is 7.85. The van der Waals surface area contributed by atoms with E-state index in [1.54, 1.807) is 6.33 Å². The summed E-state index contributed by atoms with van der Waals surface area (Å²) in [5.74, 6) is 0. The monoisotopic (exact) mass is 292 g/mol. The lowest BCUT2D eigenvalue weighted by atomic mass is 10.1. The maximum absolute atomic E-state index is 4.56. The summed E-state index contributed by atoms with van der Waals surface area (Å²) in [7, 11) is 2.18. The van der Waals surface area contributed by atoms with Gasteiger partial charge in [-0.2, -0.15) is 0 Å². The predicted octanol–water partition coefficient (Wildman–Crippen LogP) is 2.66. The van der Waals surface area contributed by atoms with Gasteiger partial charge in [0.1, 0.15) is 12.0 Å². The molecule has 1 aliphatic heterocycles. The van der Waals surface area contributed by atoms with Crippen LogP contribution in [0.3, 0.4) is 0 Å². The molecule has 4 heteroatoms. The molecule has 3 aromatic rings. The van der Waals surface area contributed by atoms with E-state index in [0.717, 1.165) is 38.1 Å². The van der Waals surface area contributed by atoms with Crippen molar-refractivity contribution in [3.05, 3.63) is 59.7 Å². The average molecular weight is 292 g/mol. The largest absolute Gasteiger partial charge is 0.329 e. The minimum Gasteiger partial charge on any atom is -0.329 e. The summed E-state index contributed by atoms with van der Waals surface area (Å²) in [6.07, 6.45) is 5.77. The fraction of sp³-hybridized carbons (Fsp3) is 0.333. The van der Waals surface area contributed by atoms with Crippen molar-refractivity contribution in [2.45, 2.75) is 25.9 Å². The Morgan fingerprint density at radius 3 is 2.91 bits per heavy atom. The Morgan fingerprint density at radius 2 is 2.05 bits per heavy atom. The van der Waals surface area contributed by atoms with Crippen LogP contribution < -0.4 is 0 Å². The molecule has 0 bridgehead atoms. The van der Waals surface area contributed by atoms with E-state index >= 15 is 0 Å². The third-order valence-electron chi connectivity index (χ3n) is 4.57. The third kappa shape index (κ3) is 2.29. The Labute approximate surface area is 130 Å². The quantitative estimate of drug-likeness (QED) is 0.744. The molecule has 0 saturated carbocycles. The van der Waals surface area contributed by atoms with Gasteiger partial charge in [-0.15, -0.1) is 0 Å². The third-order valence-corrected chi connectivity index (χ3v) is 4.57. The van der Waals surface area contributed by atoms with Crippen molar-refractivity contribution in [2.24, 2.45) is 0 Å². The van der Waals surface area contributed by atoms with Crippen LogP contribution in [0, 0.1) is 0 Å². The van der Waals surface area contributed by atoms with E-state index in [-0.39, 0.29) is 0 Å². The first-order chi connectivity index (χ1) is 10.8. The molecular weight excluding hydrogens is 272 g/mol. The molecule has 3 heterocycles. The number of aromatic nitrogens is 3. The van der Waals surface area contributed by atoms with Crippen molar-refractivity contribution in [3.63, 3.8) is 0 Å². The van der Waals surface area contributed by atoms with Crippen molar-refractivity contribution < 1.29 is 0 Å². The van der Waals surface area contributed by atoms with E-state index in [0.29, 0.717) is 0 Å². The second-order valence-electron chi connectivity index (χ2n) is 6.06. The standard InChI is InChI=1S/C18H20N4/c1-21-9-8-17-16(12-21)15-11-19-13-20-18(15)22(17)10-7-14-5-3-2-4-6-14/h2-6,11,13H,7-10,12H2,1H3. The van der Waals surface area contributed by atoms with Crippen LogP contribution in [0.5, 0.6) is 0 Å². The molecule has 0 spiro atoms. The molecule has 2 aromatic heterocycles. The van der Waals surface area contributed by atoms with Gasteiger partial charge in [0.25, 0.3) is 0 Å². The predicted molar refractivity (Wildman–Crippen MR) is 87.7 cm³/mol. The van der Waals surface area contributed by atoms with Gasteiger partial charge in [0.2, 0.25) is 0 Å². The molecule has 0 fully saturated rings. The number of aryl methyl sites for hydroxylation is 2. The SMILES string of the molecule is CN1CCc2c(c3cncnc3n2CCc2ccccc2)C1. The summed E-state index contributed by atoms with van der Waals surface area (Å²) in [4.78, 5) is 11.2. The molecule has 1 aliphatic rings. The highest BCUT2D eigenvalue weighted by Crippen LogP contribution is 2.29.